The molecule has 0 fully saturated rings. The van der Waals surface area contributed by atoms with E-state index in [0.29, 0.717) is 16.8 Å². The zero-order valence-corrected chi connectivity index (χ0v) is 19.6. The van der Waals surface area contributed by atoms with E-state index in [2.05, 4.69) is 4.98 Å². The number of benzene rings is 2. The first-order valence-electron chi connectivity index (χ1n) is 10.9. The minimum Gasteiger partial charge on any atom is -0.507 e. The number of carbonyl (C=O) groups is 2. The van der Waals surface area contributed by atoms with Crippen LogP contribution in [0.5, 0.6) is 17.2 Å². The Labute approximate surface area is 204 Å². The molecule has 0 spiro atoms. The van der Waals surface area contributed by atoms with Gasteiger partial charge in [-0.25, -0.2) is 8.78 Å². The second kappa shape index (κ2) is 9.54. The number of hydrogen-bond acceptors (Lipinski definition) is 8. The topological polar surface area (TPSA) is 126 Å². The molecule has 1 aromatic heterocycles. The number of esters is 1. The van der Waals surface area contributed by atoms with Crippen molar-refractivity contribution in [3.8, 4) is 17.2 Å². The summed E-state index contributed by atoms with van der Waals surface area (Å²) in [7, 11) is 1.13. The molecular formula is C26H23F2NO7. The number of phenolic OH excluding ortho intramolecular Hbond substituents is 2. The molecule has 3 N–H and O–H groups in total. The Kier molecular flexibility index (Phi) is 6.64. The number of Topliss-reactive ketones (excluding diaryl/α,β-unsaturated/α-hetero) is 1. The number of hydrogen-bond donors (Lipinski definition) is 3. The Balaban J connectivity index is 1.99. The third kappa shape index (κ3) is 4.24. The maximum Gasteiger partial charge on any atom is 0.306 e. The number of phenols is 2. The Morgan fingerprint density at radius 1 is 1.14 bits per heavy atom. The molecule has 8 nitrogen and oxygen atoms in total. The highest BCUT2D eigenvalue weighted by Gasteiger charge is 2.36. The van der Waals surface area contributed by atoms with Gasteiger partial charge in [0.1, 0.15) is 23.4 Å². The van der Waals surface area contributed by atoms with Crippen LogP contribution in [-0.2, 0) is 20.9 Å². The summed E-state index contributed by atoms with van der Waals surface area (Å²) in [5.41, 5.74) is 0.834. The van der Waals surface area contributed by atoms with Crippen LogP contribution in [0, 0.1) is 18.6 Å². The van der Waals surface area contributed by atoms with Crippen LogP contribution < -0.4 is 0 Å². The Morgan fingerprint density at radius 3 is 2.50 bits per heavy atom. The number of rotatable bonds is 6. The second-order valence-corrected chi connectivity index (χ2v) is 8.51. The van der Waals surface area contributed by atoms with Gasteiger partial charge in [0.15, 0.2) is 17.4 Å². The lowest BCUT2D eigenvalue weighted by molar-refractivity contribution is -0.140. The van der Waals surface area contributed by atoms with Crippen molar-refractivity contribution in [1.82, 2.24) is 4.98 Å². The van der Waals surface area contributed by atoms with Crippen LogP contribution in [0.25, 0.3) is 0 Å². The standard InChI is InChI=1S/C26H23F2NO7/c1-11-23(32)21-14(9-29-11)10-36-26(21)17-7-15(12(2)30)24(33)22(25(17)34)16(8-20(31)35-3)13-4-5-18(27)19(28)6-13/h4-7,9,16,26,32-34H,8,10H2,1-3H3/t16-,26+/m1/s1. The molecule has 4 rings (SSSR count). The summed E-state index contributed by atoms with van der Waals surface area (Å²) in [6.07, 6.45) is 0.0125. The lowest BCUT2D eigenvalue weighted by atomic mass is 9.83. The van der Waals surface area contributed by atoms with Gasteiger partial charge in [0.2, 0.25) is 0 Å². The van der Waals surface area contributed by atoms with Gasteiger partial charge in [-0.1, -0.05) is 6.07 Å². The quantitative estimate of drug-likeness (QED) is 0.339. The molecule has 188 valence electrons. The normalized spacial score (nSPS) is 15.4. The highest BCUT2D eigenvalue weighted by molar-refractivity contribution is 5.98. The Hall–Kier alpha value is -4.05. The number of aromatic nitrogens is 1. The Bertz CT molecular complexity index is 1390. The fourth-order valence-corrected chi connectivity index (χ4v) is 4.43. The van der Waals surface area contributed by atoms with Gasteiger partial charge in [-0.3, -0.25) is 14.6 Å². The van der Waals surface area contributed by atoms with E-state index >= 15 is 0 Å². The van der Waals surface area contributed by atoms with Crippen molar-refractivity contribution in [3.63, 3.8) is 0 Å². The first-order valence-corrected chi connectivity index (χ1v) is 10.9. The molecule has 1 aliphatic rings. The maximum atomic E-state index is 14.1. The summed E-state index contributed by atoms with van der Waals surface area (Å²) in [5.74, 6) is -6.20. The van der Waals surface area contributed by atoms with Gasteiger partial charge in [-0.05, 0) is 37.6 Å². The van der Waals surface area contributed by atoms with Gasteiger partial charge in [0.05, 0.1) is 31.4 Å². The first-order chi connectivity index (χ1) is 17.0. The summed E-state index contributed by atoms with van der Waals surface area (Å²) in [4.78, 5) is 28.8. The van der Waals surface area contributed by atoms with Gasteiger partial charge in [-0.2, -0.15) is 0 Å². The largest absolute Gasteiger partial charge is 0.507 e. The van der Waals surface area contributed by atoms with Crippen LogP contribution in [0.4, 0.5) is 8.78 Å². The summed E-state index contributed by atoms with van der Waals surface area (Å²) in [6, 6.07) is 4.13. The fourth-order valence-electron chi connectivity index (χ4n) is 4.43. The van der Waals surface area contributed by atoms with E-state index in [1.807, 2.05) is 0 Å². The molecule has 36 heavy (non-hydrogen) atoms. The molecule has 0 aliphatic carbocycles. The molecule has 1 aliphatic heterocycles. The number of nitrogens with zero attached hydrogens (tertiary/aromatic N) is 1. The van der Waals surface area contributed by atoms with E-state index in [1.54, 1.807) is 6.92 Å². The minimum absolute atomic E-state index is 0.0325. The molecule has 0 amide bonds. The van der Waals surface area contributed by atoms with Crippen LogP contribution in [0.3, 0.4) is 0 Å². The van der Waals surface area contributed by atoms with Gasteiger partial charge in [0, 0.05) is 34.4 Å². The summed E-state index contributed by atoms with van der Waals surface area (Å²) in [6.45, 7) is 2.84. The molecular weight excluding hydrogens is 476 g/mol. The maximum absolute atomic E-state index is 14.1. The summed E-state index contributed by atoms with van der Waals surface area (Å²) < 4.78 is 38.3. The van der Waals surface area contributed by atoms with Gasteiger partial charge in [0.25, 0.3) is 0 Å². The second-order valence-electron chi connectivity index (χ2n) is 8.51. The van der Waals surface area contributed by atoms with Crippen molar-refractivity contribution in [1.29, 1.82) is 0 Å². The lowest BCUT2D eigenvalue weighted by Gasteiger charge is -2.24. The number of ether oxygens (including phenoxy) is 2. The van der Waals surface area contributed by atoms with Crippen LogP contribution >= 0.6 is 0 Å². The first kappa shape index (κ1) is 25.1. The van der Waals surface area contributed by atoms with Crippen molar-refractivity contribution in [2.24, 2.45) is 0 Å². The number of aryl methyl sites for hydroxylation is 1. The smallest absolute Gasteiger partial charge is 0.306 e. The predicted molar refractivity (Wildman–Crippen MR) is 122 cm³/mol. The number of methoxy groups -OCH3 is 1. The van der Waals surface area contributed by atoms with E-state index < -0.39 is 53.3 Å². The van der Waals surface area contributed by atoms with Crippen molar-refractivity contribution in [2.45, 2.75) is 38.9 Å². The highest BCUT2D eigenvalue weighted by Crippen LogP contribution is 2.50. The molecule has 10 heteroatoms. The average Bonchev–Trinajstić information content (AvgIpc) is 3.27. The van der Waals surface area contributed by atoms with E-state index in [9.17, 15) is 33.7 Å². The molecule has 2 aromatic carbocycles. The number of fused-ring (bicyclic) bond motifs is 1. The third-order valence-electron chi connectivity index (χ3n) is 6.32. The summed E-state index contributed by atoms with van der Waals surface area (Å²) in [5, 5.41) is 33.1. The van der Waals surface area contributed by atoms with Crippen LogP contribution in [-0.4, -0.2) is 39.2 Å². The number of aromatic hydroxyl groups is 3. The zero-order chi connectivity index (χ0) is 26.3. The van der Waals surface area contributed by atoms with Crippen molar-refractivity contribution in [3.05, 3.63) is 81.2 Å². The van der Waals surface area contributed by atoms with E-state index in [1.165, 1.54) is 25.3 Å². The van der Waals surface area contributed by atoms with E-state index in [-0.39, 0.29) is 34.6 Å². The molecule has 0 saturated heterocycles. The minimum atomic E-state index is -1.22. The van der Waals surface area contributed by atoms with E-state index in [0.717, 1.165) is 19.2 Å². The van der Waals surface area contributed by atoms with Crippen LogP contribution in [0.2, 0.25) is 0 Å². The fraction of sp³-hybridized carbons (Fsp3) is 0.269. The van der Waals surface area contributed by atoms with Gasteiger partial charge in [-0.15, -0.1) is 0 Å². The van der Waals surface area contributed by atoms with Gasteiger partial charge >= 0.3 is 5.97 Å². The lowest BCUT2D eigenvalue weighted by Crippen LogP contribution is -2.14. The van der Waals surface area contributed by atoms with Gasteiger partial charge < -0.3 is 24.8 Å². The van der Waals surface area contributed by atoms with Crippen LogP contribution in [0.15, 0.2) is 30.5 Å². The molecule has 0 unspecified atom stereocenters. The van der Waals surface area contributed by atoms with Crippen LogP contribution in [0.1, 0.15) is 69.2 Å². The number of pyridine rings is 1. The third-order valence-corrected chi connectivity index (χ3v) is 6.32. The predicted octanol–water partition coefficient (Wildman–Crippen LogP) is 4.30. The van der Waals surface area contributed by atoms with Crippen molar-refractivity contribution < 1.29 is 43.2 Å². The molecule has 3 aromatic rings. The number of halogens is 2. The number of carbonyl (C=O) groups excluding carboxylic acids is 2. The van der Waals surface area contributed by atoms with E-state index in [4.69, 9.17) is 9.47 Å². The van der Waals surface area contributed by atoms with Crippen molar-refractivity contribution in [2.75, 3.05) is 7.11 Å². The van der Waals surface area contributed by atoms with Crippen molar-refractivity contribution >= 4 is 11.8 Å². The molecule has 0 saturated carbocycles. The highest BCUT2D eigenvalue weighted by atomic mass is 19.2. The molecule has 0 bridgehead atoms. The molecule has 2 atom stereocenters. The molecule has 2 heterocycles. The SMILES string of the molecule is COC(=O)C[C@H](c1ccc(F)c(F)c1)c1c(O)c(C(C)=O)cc([C@@H]2OCc3cnc(C)c(O)c32)c1O. The molecule has 0 radical (unpaired) electrons. The number of ketones is 1. The summed E-state index contributed by atoms with van der Waals surface area (Å²) >= 11 is 0. The average molecular weight is 499 g/mol. The Morgan fingerprint density at radius 2 is 1.86 bits per heavy atom. The zero-order valence-electron chi connectivity index (χ0n) is 19.6. The monoisotopic (exact) mass is 499 g/mol.